The molecule has 1 atom stereocenters. The lowest BCUT2D eigenvalue weighted by atomic mass is 10.1. The van der Waals surface area contributed by atoms with Gasteiger partial charge >= 0.3 is 0 Å². The van der Waals surface area contributed by atoms with Crippen LogP contribution < -0.4 is 10.2 Å². The molecule has 1 aromatic rings. The molecule has 0 radical (unpaired) electrons. The topological polar surface area (TPSA) is 44.3 Å². The molecule has 1 aliphatic rings. The fourth-order valence-corrected chi connectivity index (χ4v) is 2.53. The van der Waals surface area contributed by atoms with E-state index in [2.05, 4.69) is 39.2 Å². The van der Waals surface area contributed by atoms with E-state index >= 15 is 0 Å². The van der Waals surface area contributed by atoms with Crippen LogP contribution in [0.15, 0.2) is 6.07 Å². The Morgan fingerprint density at radius 2 is 2.28 bits per heavy atom. The molecule has 1 aromatic heterocycles. The Bertz CT molecular complexity index is 406. The summed E-state index contributed by atoms with van der Waals surface area (Å²) in [6.45, 7) is 5.39. The average molecular weight is 249 g/mol. The van der Waals surface area contributed by atoms with Crippen LogP contribution in [0.1, 0.15) is 12.2 Å². The van der Waals surface area contributed by atoms with E-state index < -0.39 is 0 Å². The minimum atomic E-state index is 0.744. The van der Waals surface area contributed by atoms with E-state index in [0.717, 1.165) is 29.9 Å². The van der Waals surface area contributed by atoms with Gasteiger partial charge in [-0.25, -0.2) is 9.97 Å². The summed E-state index contributed by atoms with van der Waals surface area (Å²) in [6, 6.07) is 2.01. The highest BCUT2D eigenvalue weighted by Crippen LogP contribution is 2.19. The van der Waals surface area contributed by atoms with Crippen LogP contribution in [0.3, 0.4) is 0 Å². The van der Waals surface area contributed by atoms with Crippen molar-refractivity contribution in [2.24, 2.45) is 5.92 Å². The molecule has 100 valence electrons. The molecule has 0 amide bonds. The molecule has 1 N–H and O–H groups in total. The average Bonchev–Trinajstić information content (AvgIpc) is 2.73. The molecule has 0 saturated carbocycles. The zero-order valence-electron chi connectivity index (χ0n) is 11.8. The third-order valence-corrected chi connectivity index (χ3v) is 3.49. The van der Waals surface area contributed by atoms with Crippen molar-refractivity contribution in [3.8, 4) is 0 Å². The lowest BCUT2D eigenvalue weighted by molar-refractivity contribution is 0.395. The van der Waals surface area contributed by atoms with Gasteiger partial charge in [-0.1, -0.05) is 0 Å². The van der Waals surface area contributed by atoms with Gasteiger partial charge in [0.1, 0.15) is 17.5 Å². The number of aryl methyl sites for hydroxylation is 1. The number of nitrogens with zero attached hydrogens (tertiary/aromatic N) is 4. The van der Waals surface area contributed by atoms with E-state index in [0.29, 0.717) is 0 Å². The number of hydrogen-bond donors (Lipinski definition) is 1. The second kappa shape index (κ2) is 5.52. The summed E-state index contributed by atoms with van der Waals surface area (Å²) < 4.78 is 0. The van der Waals surface area contributed by atoms with Gasteiger partial charge in [-0.05, 0) is 32.9 Å². The second-order valence-electron chi connectivity index (χ2n) is 5.21. The standard InChI is InChI=1S/C13H23N5/c1-10-15-12(14-2)7-13(16-10)18(4)9-11-5-6-17(3)8-11/h7,11H,5-6,8-9H2,1-4H3,(H,14,15,16). The zero-order chi connectivity index (χ0) is 13.1. The number of nitrogens with one attached hydrogen (secondary N) is 1. The molecular weight excluding hydrogens is 226 g/mol. The highest BCUT2D eigenvalue weighted by Gasteiger charge is 2.21. The highest BCUT2D eigenvalue weighted by atomic mass is 15.2. The van der Waals surface area contributed by atoms with E-state index in [-0.39, 0.29) is 0 Å². The summed E-state index contributed by atoms with van der Waals surface area (Å²) in [4.78, 5) is 13.5. The Morgan fingerprint density at radius 3 is 2.89 bits per heavy atom. The van der Waals surface area contributed by atoms with Gasteiger partial charge in [0.2, 0.25) is 0 Å². The predicted molar refractivity (Wildman–Crippen MR) is 75.2 cm³/mol. The molecule has 5 heteroatoms. The van der Waals surface area contributed by atoms with Crippen molar-refractivity contribution in [2.45, 2.75) is 13.3 Å². The van der Waals surface area contributed by atoms with Crippen molar-refractivity contribution in [3.05, 3.63) is 11.9 Å². The molecule has 1 saturated heterocycles. The maximum atomic E-state index is 4.50. The van der Waals surface area contributed by atoms with Crippen molar-refractivity contribution >= 4 is 11.6 Å². The fraction of sp³-hybridized carbons (Fsp3) is 0.692. The van der Waals surface area contributed by atoms with Crippen LogP contribution in [0.2, 0.25) is 0 Å². The highest BCUT2D eigenvalue weighted by molar-refractivity contribution is 5.48. The Morgan fingerprint density at radius 1 is 1.50 bits per heavy atom. The lowest BCUT2D eigenvalue weighted by Gasteiger charge is -2.22. The molecule has 0 aromatic carbocycles. The SMILES string of the molecule is CNc1cc(N(C)CC2CCN(C)C2)nc(C)n1. The number of aromatic nitrogens is 2. The van der Waals surface area contributed by atoms with E-state index in [1.54, 1.807) is 0 Å². The molecule has 5 nitrogen and oxygen atoms in total. The summed E-state index contributed by atoms with van der Waals surface area (Å²) >= 11 is 0. The Kier molecular flexibility index (Phi) is 4.01. The molecule has 18 heavy (non-hydrogen) atoms. The number of rotatable bonds is 4. The van der Waals surface area contributed by atoms with E-state index in [9.17, 15) is 0 Å². The van der Waals surface area contributed by atoms with Crippen molar-refractivity contribution in [2.75, 3.05) is 51.0 Å². The Hall–Kier alpha value is -1.36. The largest absolute Gasteiger partial charge is 0.373 e. The van der Waals surface area contributed by atoms with Gasteiger partial charge in [-0.15, -0.1) is 0 Å². The van der Waals surface area contributed by atoms with E-state index in [1.807, 2.05) is 20.0 Å². The maximum Gasteiger partial charge on any atom is 0.134 e. The van der Waals surface area contributed by atoms with E-state index in [1.165, 1.54) is 19.5 Å². The van der Waals surface area contributed by atoms with Gasteiger partial charge < -0.3 is 15.1 Å². The molecule has 2 rings (SSSR count). The molecule has 2 heterocycles. The third kappa shape index (κ3) is 3.10. The number of likely N-dealkylation sites (tertiary alicyclic amines) is 1. The summed E-state index contributed by atoms with van der Waals surface area (Å²) in [6.07, 6.45) is 1.28. The lowest BCUT2D eigenvalue weighted by Crippen LogP contribution is -2.28. The quantitative estimate of drug-likeness (QED) is 0.869. The summed E-state index contributed by atoms with van der Waals surface area (Å²) in [5.74, 6) is 3.44. The maximum absolute atomic E-state index is 4.50. The van der Waals surface area contributed by atoms with Crippen LogP contribution in [0.4, 0.5) is 11.6 Å². The van der Waals surface area contributed by atoms with Gasteiger partial charge in [-0.2, -0.15) is 0 Å². The minimum absolute atomic E-state index is 0.744. The van der Waals surface area contributed by atoms with Crippen molar-refractivity contribution in [1.82, 2.24) is 14.9 Å². The van der Waals surface area contributed by atoms with Crippen molar-refractivity contribution in [1.29, 1.82) is 0 Å². The molecule has 0 bridgehead atoms. The minimum Gasteiger partial charge on any atom is -0.373 e. The zero-order valence-corrected chi connectivity index (χ0v) is 11.8. The van der Waals surface area contributed by atoms with Crippen molar-refractivity contribution in [3.63, 3.8) is 0 Å². The second-order valence-corrected chi connectivity index (χ2v) is 5.21. The third-order valence-electron chi connectivity index (χ3n) is 3.49. The first-order valence-electron chi connectivity index (χ1n) is 6.51. The normalized spacial score (nSPS) is 20.1. The van der Waals surface area contributed by atoms with Gasteiger partial charge in [0.15, 0.2) is 0 Å². The summed E-state index contributed by atoms with van der Waals surface area (Å²) in [7, 11) is 6.19. The first kappa shape index (κ1) is 13.1. The van der Waals surface area contributed by atoms with Crippen LogP contribution >= 0.6 is 0 Å². The number of anilines is 2. The van der Waals surface area contributed by atoms with E-state index in [4.69, 9.17) is 0 Å². The van der Waals surface area contributed by atoms with Crippen LogP contribution in [-0.2, 0) is 0 Å². The molecule has 1 unspecified atom stereocenters. The Labute approximate surface area is 109 Å². The molecular formula is C13H23N5. The van der Waals surface area contributed by atoms with Gasteiger partial charge in [-0.3, -0.25) is 0 Å². The van der Waals surface area contributed by atoms with Gasteiger partial charge in [0.05, 0.1) is 0 Å². The smallest absolute Gasteiger partial charge is 0.134 e. The summed E-state index contributed by atoms with van der Waals surface area (Å²) in [5, 5.41) is 3.08. The molecule has 1 aliphatic heterocycles. The molecule has 0 aliphatic carbocycles. The number of hydrogen-bond acceptors (Lipinski definition) is 5. The van der Waals surface area contributed by atoms with Crippen molar-refractivity contribution < 1.29 is 0 Å². The van der Waals surface area contributed by atoms with Gasteiger partial charge in [0.25, 0.3) is 0 Å². The monoisotopic (exact) mass is 249 g/mol. The predicted octanol–water partition coefficient (Wildman–Crippen LogP) is 1.21. The molecule has 1 fully saturated rings. The van der Waals surface area contributed by atoms with Crippen LogP contribution in [-0.4, -0.2) is 55.6 Å². The van der Waals surface area contributed by atoms with Gasteiger partial charge in [0, 0.05) is 33.3 Å². The first-order valence-corrected chi connectivity index (χ1v) is 6.51. The van der Waals surface area contributed by atoms with Crippen LogP contribution in [0.25, 0.3) is 0 Å². The summed E-state index contributed by atoms with van der Waals surface area (Å²) in [5.41, 5.74) is 0. The first-order chi connectivity index (χ1) is 8.58. The fourth-order valence-electron chi connectivity index (χ4n) is 2.53. The van der Waals surface area contributed by atoms with Crippen LogP contribution in [0.5, 0.6) is 0 Å². The van der Waals surface area contributed by atoms with Crippen LogP contribution in [0, 0.1) is 12.8 Å². The Balaban J connectivity index is 2.03. The molecule has 0 spiro atoms.